The molecule has 1 aromatic carbocycles. The van der Waals surface area contributed by atoms with Crippen molar-refractivity contribution in [2.45, 2.75) is 26.2 Å². The summed E-state index contributed by atoms with van der Waals surface area (Å²) >= 11 is 6.03. The van der Waals surface area contributed by atoms with E-state index in [1.165, 1.54) is 6.08 Å². The predicted octanol–water partition coefficient (Wildman–Crippen LogP) is 2.79. The lowest BCUT2D eigenvalue weighted by atomic mass is 10.1. The first-order valence-electron chi connectivity index (χ1n) is 7.56. The van der Waals surface area contributed by atoms with Gasteiger partial charge in [0.1, 0.15) is 0 Å². The molecule has 0 radical (unpaired) electrons. The van der Waals surface area contributed by atoms with E-state index < -0.39 is 0 Å². The number of likely N-dealkylation sites (tertiary alicyclic amines) is 1. The van der Waals surface area contributed by atoms with Gasteiger partial charge in [0, 0.05) is 37.2 Å². The average Bonchev–Trinajstić information content (AvgIpc) is 3.03. The zero-order chi connectivity index (χ0) is 15.9. The third kappa shape index (κ3) is 4.88. The number of hydrogen-bond donors (Lipinski definition) is 1. The van der Waals surface area contributed by atoms with Crippen LogP contribution in [-0.4, -0.2) is 36.3 Å². The van der Waals surface area contributed by atoms with Crippen LogP contribution in [0.1, 0.15) is 30.4 Å². The summed E-state index contributed by atoms with van der Waals surface area (Å²) in [6, 6.07) is 5.63. The summed E-state index contributed by atoms with van der Waals surface area (Å²) in [6.07, 6.45) is 5.69. The SMILES string of the molecule is Cc1ccc(/C=C/C(=O)NCCC(=O)N2CCCC2)cc1Cl. The van der Waals surface area contributed by atoms with Gasteiger partial charge in [0.05, 0.1) is 0 Å². The maximum Gasteiger partial charge on any atom is 0.244 e. The molecular formula is C17H21ClN2O2. The highest BCUT2D eigenvalue weighted by atomic mass is 35.5. The van der Waals surface area contributed by atoms with Gasteiger partial charge in [0.2, 0.25) is 11.8 Å². The second kappa shape index (κ2) is 7.99. The van der Waals surface area contributed by atoms with E-state index in [2.05, 4.69) is 5.32 Å². The molecule has 1 N–H and O–H groups in total. The zero-order valence-electron chi connectivity index (χ0n) is 12.8. The van der Waals surface area contributed by atoms with Crippen molar-refractivity contribution >= 4 is 29.5 Å². The lowest BCUT2D eigenvalue weighted by Gasteiger charge is -2.14. The fraction of sp³-hybridized carbons (Fsp3) is 0.412. The lowest BCUT2D eigenvalue weighted by Crippen LogP contribution is -2.32. The molecule has 1 fully saturated rings. The molecule has 22 heavy (non-hydrogen) atoms. The van der Waals surface area contributed by atoms with Crippen molar-refractivity contribution in [3.05, 3.63) is 40.4 Å². The van der Waals surface area contributed by atoms with Gasteiger partial charge >= 0.3 is 0 Å². The molecule has 0 unspecified atom stereocenters. The van der Waals surface area contributed by atoms with E-state index in [1.807, 2.05) is 30.0 Å². The molecule has 1 aromatic rings. The van der Waals surface area contributed by atoms with E-state index in [9.17, 15) is 9.59 Å². The summed E-state index contributed by atoms with van der Waals surface area (Å²) in [5.74, 6) is -0.0852. The van der Waals surface area contributed by atoms with Crippen LogP contribution >= 0.6 is 11.6 Å². The van der Waals surface area contributed by atoms with Gasteiger partial charge < -0.3 is 10.2 Å². The smallest absolute Gasteiger partial charge is 0.244 e. The first-order chi connectivity index (χ1) is 10.6. The molecule has 5 heteroatoms. The topological polar surface area (TPSA) is 49.4 Å². The molecule has 0 atom stereocenters. The Kier molecular flexibility index (Phi) is 6.01. The number of carbonyl (C=O) groups is 2. The van der Waals surface area contributed by atoms with Crippen molar-refractivity contribution in [3.8, 4) is 0 Å². The molecule has 1 aliphatic heterocycles. The van der Waals surface area contributed by atoms with E-state index >= 15 is 0 Å². The number of nitrogens with one attached hydrogen (secondary N) is 1. The molecule has 1 aliphatic rings. The highest BCUT2D eigenvalue weighted by molar-refractivity contribution is 6.31. The largest absolute Gasteiger partial charge is 0.352 e. The number of hydrogen-bond acceptors (Lipinski definition) is 2. The van der Waals surface area contributed by atoms with E-state index in [0.717, 1.165) is 37.1 Å². The summed E-state index contributed by atoms with van der Waals surface area (Å²) in [5, 5.41) is 3.41. The Morgan fingerprint density at radius 1 is 1.32 bits per heavy atom. The Labute approximate surface area is 136 Å². The van der Waals surface area contributed by atoms with Crippen LogP contribution in [0.3, 0.4) is 0 Å². The molecule has 0 spiro atoms. The number of amides is 2. The van der Waals surface area contributed by atoms with Gasteiger partial charge in [-0.25, -0.2) is 0 Å². The second-order valence-corrected chi connectivity index (χ2v) is 5.88. The van der Waals surface area contributed by atoms with Crippen LogP contribution in [0.4, 0.5) is 0 Å². The Morgan fingerprint density at radius 3 is 2.73 bits per heavy atom. The van der Waals surface area contributed by atoms with E-state index in [0.29, 0.717) is 18.0 Å². The number of benzene rings is 1. The van der Waals surface area contributed by atoms with Gasteiger partial charge in [-0.05, 0) is 43.0 Å². The molecule has 0 aromatic heterocycles. The molecule has 2 amide bonds. The molecule has 1 saturated heterocycles. The number of nitrogens with zero attached hydrogens (tertiary/aromatic N) is 1. The number of rotatable bonds is 5. The van der Waals surface area contributed by atoms with Gasteiger partial charge in [-0.2, -0.15) is 0 Å². The standard InChI is InChI=1S/C17H21ClN2O2/c1-13-4-5-14(12-15(13)18)6-7-16(21)19-9-8-17(22)20-10-2-3-11-20/h4-7,12H,2-3,8-11H2,1H3,(H,19,21)/b7-6+. The third-order valence-corrected chi connectivity index (χ3v) is 4.13. The van der Waals surface area contributed by atoms with E-state index in [1.54, 1.807) is 6.08 Å². The van der Waals surface area contributed by atoms with Gasteiger partial charge in [0.25, 0.3) is 0 Å². The van der Waals surface area contributed by atoms with Gasteiger partial charge in [-0.1, -0.05) is 23.7 Å². The zero-order valence-corrected chi connectivity index (χ0v) is 13.5. The lowest BCUT2D eigenvalue weighted by molar-refractivity contribution is -0.130. The van der Waals surface area contributed by atoms with E-state index in [-0.39, 0.29) is 11.8 Å². The van der Waals surface area contributed by atoms with Crippen molar-refractivity contribution < 1.29 is 9.59 Å². The Morgan fingerprint density at radius 2 is 2.05 bits per heavy atom. The van der Waals surface area contributed by atoms with Gasteiger partial charge in [-0.15, -0.1) is 0 Å². The van der Waals surface area contributed by atoms with Crippen LogP contribution in [0.5, 0.6) is 0 Å². The highest BCUT2D eigenvalue weighted by Crippen LogP contribution is 2.17. The summed E-state index contributed by atoms with van der Waals surface area (Å²) in [6.45, 7) is 3.99. The van der Waals surface area contributed by atoms with Crippen LogP contribution in [0.15, 0.2) is 24.3 Å². The third-order valence-electron chi connectivity index (χ3n) is 3.72. The van der Waals surface area contributed by atoms with Crippen molar-refractivity contribution in [1.29, 1.82) is 0 Å². The number of carbonyl (C=O) groups excluding carboxylic acids is 2. The van der Waals surface area contributed by atoms with Crippen LogP contribution in [0, 0.1) is 6.92 Å². The summed E-state index contributed by atoms with van der Waals surface area (Å²) < 4.78 is 0. The molecule has 0 aliphatic carbocycles. The summed E-state index contributed by atoms with van der Waals surface area (Å²) in [5.41, 5.74) is 1.88. The maximum atomic E-state index is 11.8. The van der Waals surface area contributed by atoms with Crippen LogP contribution in [0.25, 0.3) is 6.08 Å². The van der Waals surface area contributed by atoms with Crippen molar-refractivity contribution in [2.75, 3.05) is 19.6 Å². The van der Waals surface area contributed by atoms with Crippen LogP contribution in [-0.2, 0) is 9.59 Å². The number of aryl methyl sites for hydroxylation is 1. The summed E-state index contributed by atoms with van der Waals surface area (Å²) in [4.78, 5) is 25.4. The fourth-order valence-electron chi connectivity index (χ4n) is 2.36. The van der Waals surface area contributed by atoms with Crippen molar-refractivity contribution in [2.24, 2.45) is 0 Å². The van der Waals surface area contributed by atoms with Gasteiger partial charge in [-0.3, -0.25) is 9.59 Å². The Hall–Kier alpha value is -1.81. The Bertz CT molecular complexity index is 578. The van der Waals surface area contributed by atoms with Crippen molar-refractivity contribution in [3.63, 3.8) is 0 Å². The van der Waals surface area contributed by atoms with Crippen LogP contribution in [0.2, 0.25) is 5.02 Å². The highest BCUT2D eigenvalue weighted by Gasteiger charge is 2.17. The molecule has 0 saturated carbocycles. The first kappa shape index (κ1) is 16.6. The summed E-state index contributed by atoms with van der Waals surface area (Å²) in [7, 11) is 0. The monoisotopic (exact) mass is 320 g/mol. The molecule has 2 rings (SSSR count). The van der Waals surface area contributed by atoms with Crippen molar-refractivity contribution in [1.82, 2.24) is 10.2 Å². The predicted molar refractivity (Wildman–Crippen MR) is 88.7 cm³/mol. The minimum atomic E-state index is -0.203. The Balaban J connectivity index is 1.74. The maximum absolute atomic E-state index is 11.8. The molecule has 1 heterocycles. The molecule has 4 nitrogen and oxygen atoms in total. The first-order valence-corrected chi connectivity index (χ1v) is 7.94. The second-order valence-electron chi connectivity index (χ2n) is 5.47. The normalized spacial score (nSPS) is 14.5. The minimum absolute atomic E-state index is 0.118. The molecule has 0 bridgehead atoms. The minimum Gasteiger partial charge on any atom is -0.352 e. The fourth-order valence-corrected chi connectivity index (χ4v) is 2.55. The quantitative estimate of drug-likeness (QED) is 0.848. The van der Waals surface area contributed by atoms with Gasteiger partial charge in [0.15, 0.2) is 0 Å². The van der Waals surface area contributed by atoms with Crippen LogP contribution < -0.4 is 5.32 Å². The molecule has 118 valence electrons. The number of halogens is 1. The van der Waals surface area contributed by atoms with E-state index in [4.69, 9.17) is 11.6 Å². The average molecular weight is 321 g/mol. The molecular weight excluding hydrogens is 300 g/mol.